The molecule has 158 valence electrons. The van der Waals surface area contributed by atoms with Gasteiger partial charge in [0, 0.05) is 42.4 Å². The molecule has 0 aliphatic carbocycles. The van der Waals surface area contributed by atoms with Crippen molar-refractivity contribution in [3.05, 3.63) is 65.9 Å². The normalized spacial score (nSPS) is 15.9. The minimum absolute atomic E-state index is 0.0549. The summed E-state index contributed by atoms with van der Waals surface area (Å²) >= 11 is 0. The van der Waals surface area contributed by atoms with E-state index in [1.807, 2.05) is 58.0 Å². The van der Waals surface area contributed by atoms with Gasteiger partial charge in [0.1, 0.15) is 6.54 Å². The van der Waals surface area contributed by atoms with Crippen LogP contribution in [0.3, 0.4) is 0 Å². The van der Waals surface area contributed by atoms with Gasteiger partial charge in [0.25, 0.3) is 11.7 Å². The second-order valence-electron chi connectivity index (χ2n) is 8.29. The van der Waals surface area contributed by atoms with Crippen molar-refractivity contribution in [2.45, 2.75) is 32.2 Å². The Bertz CT molecular complexity index is 1170. The molecule has 2 aliphatic rings. The molecular formula is C25H25N3O3. The van der Waals surface area contributed by atoms with Crippen LogP contribution in [0.2, 0.25) is 0 Å². The number of Topliss-reactive ketones (excluding diaryl/α,β-unsaturated/α-hetero) is 1. The summed E-state index contributed by atoms with van der Waals surface area (Å²) in [7, 11) is 0. The number of nitrogens with zero attached hydrogens (tertiary/aromatic N) is 3. The fraction of sp³-hybridized carbons (Fsp3) is 0.320. The standard InChI is InChI=1S/C25H25N3O3/c29-23(26-13-6-1-7-14-26)17-27-16-20(19-9-3-5-11-22(19)27)24(30)25(31)28-15-12-18-8-2-4-10-21(18)28/h2-5,8-11,16H,1,6-7,12-15,17H2. The van der Waals surface area contributed by atoms with Crippen molar-refractivity contribution in [3.8, 4) is 0 Å². The predicted molar refractivity (Wildman–Crippen MR) is 119 cm³/mol. The number of likely N-dealkylation sites (tertiary alicyclic amines) is 1. The Labute approximate surface area is 181 Å². The lowest BCUT2D eigenvalue weighted by atomic mass is 10.1. The average molecular weight is 415 g/mol. The summed E-state index contributed by atoms with van der Waals surface area (Å²) in [5.74, 6) is -0.994. The van der Waals surface area contributed by atoms with Gasteiger partial charge in [0.2, 0.25) is 5.91 Å². The summed E-state index contributed by atoms with van der Waals surface area (Å²) in [6.07, 6.45) is 5.66. The maximum Gasteiger partial charge on any atom is 0.299 e. The number of fused-ring (bicyclic) bond motifs is 2. The number of hydrogen-bond acceptors (Lipinski definition) is 3. The number of carbonyl (C=O) groups excluding carboxylic acids is 3. The Morgan fingerprint density at radius 3 is 2.42 bits per heavy atom. The Balaban J connectivity index is 1.44. The Morgan fingerprint density at radius 2 is 1.58 bits per heavy atom. The van der Waals surface area contributed by atoms with Crippen LogP contribution in [0, 0.1) is 0 Å². The Kier molecular flexibility index (Phi) is 5.06. The third kappa shape index (κ3) is 3.52. The van der Waals surface area contributed by atoms with Gasteiger partial charge in [-0.3, -0.25) is 14.4 Å². The van der Waals surface area contributed by atoms with Crippen LogP contribution in [-0.2, 0) is 22.6 Å². The highest BCUT2D eigenvalue weighted by atomic mass is 16.2. The van der Waals surface area contributed by atoms with E-state index in [4.69, 9.17) is 0 Å². The van der Waals surface area contributed by atoms with Gasteiger partial charge in [-0.1, -0.05) is 36.4 Å². The highest BCUT2D eigenvalue weighted by molar-refractivity contribution is 6.49. The number of ketones is 1. The quantitative estimate of drug-likeness (QED) is 0.485. The fourth-order valence-corrected chi connectivity index (χ4v) is 4.73. The SMILES string of the molecule is O=C(C(=O)N1CCc2ccccc21)c1cn(CC(=O)N2CCCCC2)c2ccccc12. The van der Waals surface area contributed by atoms with Crippen molar-refractivity contribution in [1.82, 2.24) is 9.47 Å². The molecule has 6 nitrogen and oxygen atoms in total. The van der Waals surface area contributed by atoms with Gasteiger partial charge in [-0.05, 0) is 43.4 Å². The molecule has 0 bridgehead atoms. The van der Waals surface area contributed by atoms with Gasteiger partial charge in [-0.15, -0.1) is 0 Å². The van der Waals surface area contributed by atoms with Crippen molar-refractivity contribution in [1.29, 1.82) is 0 Å². The molecular weight excluding hydrogens is 390 g/mol. The monoisotopic (exact) mass is 415 g/mol. The summed E-state index contributed by atoms with van der Waals surface area (Å²) in [5.41, 5.74) is 3.05. The first-order chi connectivity index (χ1) is 15.1. The largest absolute Gasteiger partial charge is 0.341 e. The van der Waals surface area contributed by atoms with Crippen LogP contribution in [-0.4, -0.2) is 46.7 Å². The minimum Gasteiger partial charge on any atom is -0.341 e. The van der Waals surface area contributed by atoms with Crippen molar-refractivity contribution in [2.24, 2.45) is 0 Å². The molecule has 0 N–H and O–H groups in total. The second-order valence-corrected chi connectivity index (χ2v) is 8.29. The highest BCUT2D eigenvalue weighted by Crippen LogP contribution is 2.29. The van der Waals surface area contributed by atoms with E-state index in [1.165, 1.54) is 0 Å². The first kappa shape index (κ1) is 19.5. The van der Waals surface area contributed by atoms with Crippen LogP contribution in [0.25, 0.3) is 10.9 Å². The molecule has 3 heterocycles. The average Bonchev–Trinajstić information content (AvgIpc) is 3.41. The van der Waals surface area contributed by atoms with E-state index in [9.17, 15) is 14.4 Å². The number of anilines is 1. The molecule has 0 atom stereocenters. The lowest BCUT2D eigenvalue weighted by Crippen LogP contribution is -2.37. The molecule has 1 saturated heterocycles. The molecule has 31 heavy (non-hydrogen) atoms. The zero-order valence-corrected chi connectivity index (χ0v) is 17.4. The van der Waals surface area contributed by atoms with Gasteiger partial charge >= 0.3 is 0 Å². The highest BCUT2D eigenvalue weighted by Gasteiger charge is 2.31. The second kappa shape index (κ2) is 8.02. The van der Waals surface area contributed by atoms with E-state index in [0.29, 0.717) is 17.5 Å². The number of carbonyl (C=O) groups is 3. The van der Waals surface area contributed by atoms with Crippen LogP contribution in [0.1, 0.15) is 35.2 Å². The lowest BCUT2D eigenvalue weighted by Gasteiger charge is -2.27. The van der Waals surface area contributed by atoms with Gasteiger partial charge in [-0.2, -0.15) is 0 Å². The third-order valence-electron chi connectivity index (χ3n) is 6.37. The molecule has 0 unspecified atom stereocenters. The number of aromatic nitrogens is 1. The third-order valence-corrected chi connectivity index (χ3v) is 6.37. The Morgan fingerprint density at radius 1 is 0.839 bits per heavy atom. The molecule has 1 fully saturated rings. The van der Waals surface area contributed by atoms with Gasteiger partial charge < -0.3 is 14.4 Å². The van der Waals surface area contributed by atoms with Gasteiger partial charge in [-0.25, -0.2) is 0 Å². The number of benzene rings is 2. The molecule has 2 aliphatic heterocycles. The molecule has 0 saturated carbocycles. The maximum absolute atomic E-state index is 13.3. The lowest BCUT2D eigenvalue weighted by molar-refractivity contribution is -0.132. The Hall–Kier alpha value is -3.41. The zero-order valence-electron chi connectivity index (χ0n) is 17.4. The van der Waals surface area contributed by atoms with Crippen LogP contribution in [0.5, 0.6) is 0 Å². The predicted octanol–water partition coefficient (Wildman–Crippen LogP) is 3.43. The van der Waals surface area contributed by atoms with E-state index in [1.54, 1.807) is 11.1 Å². The van der Waals surface area contributed by atoms with E-state index in [0.717, 1.165) is 55.5 Å². The van der Waals surface area contributed by atoms with Crippen LogP contribution >= 0.6 is 0 Å². The molecule has 1 aromatic heterocycles. The number of rotatable bonds is 4. The number of amides is 2. The summed E-state index contributed by atoms with van der Waals surface area (Å²) in [6.45, 7) is 2.26. The minimum atomic E-state index is -0.530. The zero-order chi connectivity index (χ0) is 21.4. The molecule has 2 aromatic carbocycles. The van der Waals surface area contributed by atoms with E-state index in [2.05, 4.69) is 0 Å². The summed E-state index contributed by atoms with van der Waals surface area (Å²) in [6, 6.07) is 15.2. The fourth-order valence-electron chi connectivity index (χ4n) is 4.73. The van der Waals surface area contributed by atoms with E-state index >= 15 is 0 Å². The van der Waals surface area contributed by atoms with Crippen molar-refractivity contribution < 1.29 is 14.4 Å². The van der Waals surface area contributed by atoms with E-state index in [-0.39, 0.29) is 12.5 Å². The molecule has 0 spiro atoms. The summed E-state index contributed by atoms with van der Waals surface area (Å²) in [5, 5.41) is 0.708. The molecule has 6 heteroatoms. The number of hydrogen-bond donors (Lipinski definition) is 0. The van der Waals surface area contributed by atoms with Gasteiger partial charge in [0.15, 0.2) is 0 Å². The molecule has 0 radical (unpaired) electrons. The summed E-state index contributed by atoms with van der Waals surface area (Å²) in [4.78, 5) is 42.7. The first-order valence-corrected chi connectivity index (χ1v) is 10.9. The van der Waals surface area contributed by atoms with Crippen molar-refractivity contribution >= 4 is 34.2 Å². The summed E-state index contributed by atoms with van der Waals surface area (Å²) < 4.78 is 1.81. The number of piperidine rings is 1. The van der Waals surface area contributed by atoms with Crippen molar-refractivity contribution in [2.75, 3.05) is 24.5 Å². The van der Waals surface area contributed by atoms with Crippen molar-refractivity contribution in [3.63, 3.8) is 0 Å². The first-order valence-electron chi connectivity index (χ1n) is 10.9. The number of para-hydroxylation sites is 2. The van der Waals surface area contributed by atoms with Crippen LogP contribution < -0.4 is 4.90 Å². The molecule has 3 aromatic rings. The molecule has 5 rings (SSSR count). The maximum atomic E-state index is 13.3. The van der Waals surface area contributed by atoms with Crippen LogP contribution in [0.4, 0.5) is 5.69 Å². The van der Waals surface area contributed by atoms with Crippen LogP contribution in [0.15, 0.2) is 54.7 Å². The van der Waals surface area contributed by atoms with E-state index < -0.39 is 11.7 Å². The molecule has 2 amide bonds. The van der Waals surface area contributed by atoms with Gasteiger partial charge in [0.05, 0.1) is 5.56 Å². The topological polar surface area (TPSA) is 62.6 Å². The smallest absolute Gasteiger partial charge is 0.299 e.